The molecule has 328 valence electrons. The number of hydrogen-bond donors (Lipinski definition) is 9. The van der Waals surface area contributed by atoms with Crippen molar-refractivity contribution in [2.75, 3.05) is 13.2 Å². The van der Waals surface area contributed by atoms with Gasteiger partial charge in [0.15, 0.2) is 12.4 Å². The zero-order chi connectivity index (χ0) is 43.3. The van der Waals surface area contributed by atoms with Crippen LogP contribution in [0.3, 0.4) is 0 Å². The van der Waals surface area contributed by atoms with Gasteiger partial charge in [-0.25, -0.2) is 9.59 Å². The summed E-state index contributed by atoms with van der Waals surface area (Å²) in [6.07, 6.45) is 6.81. The molecule has 59 heavy (non-hydrogen) atoms. The molecule has 0 bridgehead atoms. The Morgan fingerprint density at radius 2 is 1.46 bits per heavy atom. The lowest BCUT2D eigenvalue weighted by Gasteiger charge is -2.47. The van der Waals surface area contributed by atoms with Crippen molar-refractivity contribution in [3.05, 3.63) is 96.2 Å². The maximum atomic E-state index is 13.2. The fraction of sp³-hybridized carbons (Fsp3) is 0.535. The second-order valence-electron chi connectivity index (χ2n) is 14.1. The molecule has 16 heteroatoms. The molecule has 11 atom stereocenters. The molecule has 2 saturated heterocycles. The summed E-state index contributed by atoms with van der Waals surface area (Å²) >= 11 is 0. The van der Waals surface area contributed by atoms with Gasteiger partial charge in [0.05, 0.1) is 19.3 Å². The predicted molar refractivity (Wildman–Crippen MR) is 213 cm³/mol. The Balaban J connectivity index is 1.83. The van der Waals surface area contributed by atoms with Crippen LogP contribution in [-0.4, -0.2) is 132 Å². The van der Waals surface area contributed by atoms with Crippen LogP contribution in [0.5, 0.6) is 11.5 Å². The van der Waals surface area contributed by atoms with Crippen LogP contribution in [0, 0.1) is 0 Å². The van der Waals surface area contributed by atoms with Crippen molar-refractivity contribution in [3.8, 4) is 11.5 Å². The summed E-state index contributed by atoms with van der Waals surface area (Å²) in [4.78, 5) is 25.6. The van der Waals surface area contributed by atoms with Crippen LogP contribution in [-0.2, 0) is 39.9 Å². The highest BCUT2D eigenvalue weighted by molar-refractivity contribution is 5.82. The van der Waals surface area contributed by atoms with Gasteiger partial charge in [-0.1, -0.05) is 93.9 Å². The minimum Gasteiger partial charge on any atom is -0.508 e. The van der Waals surface area contributed by atoms with E-state index in [0.717, 1.165) is 62.8 Å². The number of aliphatic hydroxyl groups excluding tert-OH is 7. The maximum absolute atomic E-state index is 13.2. The minimum atomic E-state index is -1.95. The molecule has 0 saturated carbocycles. The van der Waals surface area contributed by atoms with E-state index in [9.17, 15) is 55.5 Å². The van der Waals surface area contributed by atoms with E-state index in [4.69, 9.17) is 23.7 Å². The highest BCUT2D eigenvalue weighted by Gasteiger charge is 2.53. The minimum absolute atomic E-state index is 0.0647. The van der Waals surface area contributed by atoms with E-state index in [-0.39, 0.29) is 17.5 Å². The second kappa shape index (κ2) is 26.1. The number of aromatic hydroxyl groups is 2. The van der Waals surface area contributed by atoms with Crippen molar-refractivity contribution in [2.45, 2.75) is 133 Å². The van der Waals surface area contributed by atoms with Gasteiger partial charge in [0.25, 0.3) is 0 Å². The summed E-state index contributed by atoms with van der Waals surface area (Å²) in [6, 6.07) is 2.04. The average molecular weight is 833 g/mol. The number of phenolic OH excluding ortho intramolecular Hbond substituents is 2. The van der Waals surface area contributed by atoms with E-state index in [1.165, 1.54) is 18.2 Å². The first-order chi connectivity index (χ1) is 28.4. The topological polar surface area (TPSA) is 262 Å². The second-order valence-corrected chi connectivity index (χ2v) is 14.1. The maximum Gasteiger partial charge on any atom is 0.331 e. The van der Waals surface area contributed by atoms with Crippen molar-refractivity contribution in [1.29, 1.82) is 0 Å². The Kier molecular flexibility index (Phi) is 21.8. The van der Waals surface area contributed by atoms with Gasteiger partial charge in [-0.3, -0.25) is 0 Å². The SMILES string of the molecule is CCC/C=C/C=C/C(O)C/C=C/C=C/C(=O)O[C@H]1[C@H](O[C@@H]2O[C@H](COC(=O)/C=C/C=C/CCCCC)[C@H](O)[C@H](O)[C@H]2O)[C@@H](CO)OC(c2c(O)cc(O)cc2CO)[C@@H]1O. The molecule has 0 aromatic heterocycles. The molecule has 9 N–H and O–H groups in total. The normalized spacial score (nSPS) is 28.5. The van der Waals surface area contributed by atoms with Gasteiger partial charge >= 0.3 is 11.9 Å². The van der Waals surface area contributed by atoms with Gasteiger partial charge in [-0.15, -0.1) is 0 Å². The van der Waals surface area contributed by atoms with E-state index >= 15 is 0 Å². The van der Waals surface area contributed by atoms with Gasteiger partial charge in [-0.2, -0.15) is 0 Å². The van der Waals surface area contributed by atoms with Gasteiger partial charge in [-0.05, 0) is 37.3 Å². The summed E-state index contributed by atoms with van der Waals surface area (Å²) in [5.41, 5.74) is -0.261. The van der Waals surface area contributed by atoms with Crippen molar-refractivity contribution in [3.63, 3.8) is 0 Å². The standard InChI is InChI=1S/C43H60O16/c1-3-5-7-9-10-12-16-20-33(49)55-26-32-36(51)37(52)38(53)43(57-32)59-40-31(25-45)56-41(35-27(24-44)22-29(47)23-30(35)48)39(54)42(40)58-34(50)21-17-13-15-19-28(46)18-14-11-8-6-4-2/h8,10-18,20-23,28,31-32,36-48,51-54H,3-7,9,19,24-26H2,1-2H3/b11-8+,12-10+,15-13+,18-14+,20-16+,21-17+/t28?,31-,32-,36+,37+,38-,39+,40-,41?,42-,43+/m1/s1. The van der Waals surface area contributed by atoms with E-state index in [2.05, 4.69) is 13.8 Å². The lowest BCUT2D eigenvalue weighted by Crippen LogP contribution is -2.64. The summed E-state index contributed by atoms with van der Waals surface area (Å²) in [7, 11) is 0. The van der Waals surface area contributed by atoms with E-state index < -0.39 is 111 Å². The molecular weight excluding hydrogens is 772 g/mol. The van der Waals surface area contributed by atoms with Crippen LogP contribution in [0.25, 0.3) is 0 Å². The molecule has 16 nitrogen and oxygen atoms in total. The Hall–Kier alpha value is -4.20. The summed E-state index contributed by atoms with van der Waals surface area (Å²) in [5, 5.41) is 95.4. The average Bonchev–Trinajstić information content (AvgIpc) is 3.21. The predicted octanol–water partition coefficient (Wildman–Crippen LogP) is 2.50. The lowest BCUT2D eigenvalue weighted by atomic mass is 9.88. The largest absolute Gasteiger partial charge is 0.508 e. The van der Waals surface area contributed by atoms with Gasteiger partial charge in [0, 0.05) is 23.8 Å². The van der Waals surface area contributed by atoms with Gasteiger partial charge in [0.1, 0.15) is 66.9 Å². The number of carbonyl (C=O) groups excluding carboxylic acids is 2. The molecule has 3 rings (SSSR count). The molecule has 2 aliphatic rings. The Labute approximate surface area is 344 Å². The van der Waals surface area contributed by atoms with Crippen molar-refractivity contribution in [1.82, 2.24) is 0 Å². The first kappa shape index (κ1) is 49.2. The quantitative estimate of drug-likeness (QED) is 0.0352. The zero-order valence-electron chi connectivity index (χ0n) is 33.4. The molecule has 1 aromatic carbocycles. The van der Waals surface area contributed by atoms with Crippen LogP contribution in [0.2, 0.25) is 0 Å². The number of aliphatic hydroxyl groups is 7. The lowest BCUT2D eigenvalue weighted by molar-refractivity contribution is -0.343. The monoisotopic (exact) mass is 832 g/mol. The number of esters is 2. The number of hydrogen-bond acceptors (Lipinski definition) is 16. The molecule has 1 aromatic rings. The number of carbonyl (C=O) groups is 2. The third-order valence-electron chi connectivity index (χ3n) is 9.47. The third kappa shape index (κ3) is 15.4. The summed E-state index contributed by atoms with van der Waals surface area (Å²) in [5.74, 6) is -2.83. The van der Waals surface area contributed by atoms with Crippen LogP contribution in [0.4, 0.5) is 0 Å². The molecule has 2 heterocycles. The Morgan fingerprint density at radius 3 is 2.15 bits per heavy atom. The molecule has 0 spiro atoms. The Bertz CT molecular complexity index is 1620. The smallest absolute Gasteiger partial charge is 0.331 e. The molecule has 2 aliphatic heterocycles. The molecule has 0 amide bonds. The van der Waals surface area contributed by atoms with E-state index in [1.807, 2.05) is 18.2 Å². The molecular formula is C43H60O16. The van der Waals surface area contributed by atoms with Crippen molar-refractivity contribution < 1.29 is 79.2 Å². The van der Waals surface area contributed by atoms with Gasteiger partial charge < -0.3 is 69.6 Å². The third-order valence-corrected chi connectivity index (χ3v) is 9.47. The number of unbranched alkanes of at least 4 members (excludes halogenated alkanes) is 4. The highest BCUT2D eigenvalue weighted by Crippen LogP contribution is 2.42. The molecule has 2 unspecified atom stereocenters. The zero-order valence-corrected chi connectivity index (χ0v) is 33.4. The van der Waals surface area contributed by atoms with Gasteiger partial charge in [0.2, 0.25) is 0 Å². The molecule has 2 fully saturated rings. The highest BCUT2D eigenvalue weighted by atomic mass is 16.7. The number of ether oxygens (including phenoxy) is 5. The van der Waals surface area contributed by atoms with E-state index in [0.29, 0.717) is 0 Å². The van der Waals surface area contributed by atoms with Crippen molar-refractivity contribution in [2.24, 2.45) is 0 Å². The first-order valence-electron chi connectivity index (χ1n) is 19.9. The molecule has 0 radical (unpaired) electrons. The number of rotatable bonds is 22. The molecule has 0 aliphatic carbocycles. The van der Waals surface area contributed by atoms with Crippen LogP contribution in [0.15, 0.2) is 85.0 Å². The van der Waals surface area contributed by atoms with Crippen LogP contribution >= 0.6 is 0 Å². The number of allylic oxidation sites excluding steroid dienone is 8. The Morgan fingerprint density at radius 1 is 0.763 bits per heavy atom. The summed E-state index contributed by atoms with van der Waals surface area (Å²) in [6.45, 7) is 1.96. The van der Waals surface area contributed by atoms with E-state index in [1.54, 1.807) is 24.3 Å². The first-order valence-corrected chi connectivity index (χ1v) is 19.9. The van der Waals surface area contributed by atoms with Crippen LogP contribution in [0.1, 0.15) is 76.0 Å². The van der Waals surface area contributed by atoms with Crippen LogP contribution < -0.4 is 0 Å². The fourth-order valence-electron chi connectivity index (χ4n) is 6.32. The summed E-state index contributed by atoms with van der Waals surface area (Å²) < 4.78 is 28.5. The van der Waals surface area contributed by atoms with Crippen molar-refractivity contribution >= 4 is 11.9 Å². The number of benzene rings is 1. The fourth-order valence-corrected chi connectivity index (χ4v) is 6.32. The number of phenols is 2.